The molecule has 0 bridgehead atoms. The zero-order chi connectivity index (χ0) is 30.8. The van der Waals surface area contributed by atoms with Gasteiger partial charge in [0.05, 0.1) is 37.4 Å². The van der Waals surface area contributed by atoms with Gasteiger partial charge < -0.3 is 19.7 Å². The lowest BCUT2D eigenvalue weighted by Gasteiger charge is -2.09. The zero-order valence-corrected chi connectivity index (χ0v) is 24.3. The Labute approximate surface area is 244 Å². The third-order valence-corrected chi connectivity index (χ3v) is 7.02. The minimum Gasteiger partial charge on any atom is -0.490 e. The Morgan fingerprint density at radius 1 is 0.714 bits per heavy atom. The van der Waals surface area contributed by atoms with Crippen molar-refractivity contribution in [2.24, 2.45) is 9.98 Å². The fraction of sp³-hybridized carbons (Fsp3) is 0.375. The summed E-state index contributed by atoms with van der Waals surface area (Å²) in [5, 5.41) is 17.8. The first-order chi connectivity index (χ1) is 20.0. The topological polar surface area (TPSA) is 118 Å². The van der Waals surface area contributed by atoms with Crippen LogP contribution in [0.15, 0.2) is 68.7 Å². The van der Waals surface area contributed by atoms with E-state index in [1.165, 1.54) is 46.6 Å². The van der Waals surface area contributed by atoms with Crippen molar-refractivity contribution in [2.45, 2.75) is 53.4 Å². The molecule has 0 aromatic heterocycles. The smallest absolute Gasteiger partial charge is 0.335 e. The molecule has 8 nitrogen and oxygen atoms in total. The van der Waals surface area contributed by atoms with Gasteiger partial charge in [0.2, 0.25) is 0 Å². The molecule has 0 radical (unpaired) electrons. The summed E-state index contributed by atoms with van der Waals surface area (Å²) in [6, 6.07) is 7.08. The molecule has 42 heavy (non-hydrogen) atoms. The van der Waals surface area contributed by atoms with Crippen LogP contribution in [-0.2, 0) is 0 Å². The number of allylic oxidation sites excluding steroid dienone is 2. The molecule has 0 atom stereocenters. The molecule has 4 rings (SSSR count). The van der Waals surface area contributed by atoms with Gasteiger partial charge in [-0.1, -0.05) is 0 Å². The molecule has 2 aliphatic heterocycles. The van der Waals surface area contributed by atoms with Gasteiger partial charge in [0.25, 0.3) is 0 Å². The van der Waals surface area contributed by atoms with E-state index >= 15 is 0 Å². The van der Waals surface area contributed by atoms with Crippen molar-refractivity contribution in [3.63, 3.8) is 0 Å². The van der Waals surface area contributed by atoms with E-state index in [-0.39, 0.29) is 22.6 Å². The maximum absolute atomic E-state index is 13.5. The van der Waals surface area contributed by atoms with Gasteiger partial charge in [-0.05, 0) is 112 Å². The Morgan fingerprint density at radius 2 is 1.10 bits per heavy atom. The summed E-state index contributed by atoms with van der Waals surface area (Å²) in [5.41, 5.74) is 7.19. The van der Waals surface area contributed by atoms with Crippen molar-refractivity contribution >= 4 is 23.4 Å². The molecule has 0 fully saturated rings. The average Bonchev–Trinajstić information content (AvgIpc) is 3.45. The number of hydrogen-bond acceptors (Lipinski definition) is 6. The standard InChI is InChI=1S/2C16H18FNO3/c2*1-10-9-18-11(2)13(10)4-3-7-21-15-8-12(16(19)20)5-6-14(15)17/h2*5-6,8H,3-4,7,9H2,1-2H3,(H,19,20). The molecule has 0 saturated heterocycles. The van der Waals surface area contributed by atoms with E-state index in [1.807, 2.05) is 13.8 Å². The van der Waals surface area contributed by atoms with Gasteiger partial charge in [0.15, 0.2) is 23.1 Å². The van der Waals surface area contributed by atoms with E-state index in [1.54, 1.807) is 0 Å². The highest BCUT2D eigenvalue weighted by molar-refractivity contribution is 6.01. The van der Waals surface area contributed by atoms with Crippen LogP contribution in [0.25, 0.3) is 0 Å². The lowest BCUT2D eigenvalue weighted by molar-refractivity contribution is 0.0685. The summed E-state index contributed by atoms with van der Waals surface area (Å²) in [7, 11) is 0. The number of aromatic carboxylic acids is 2. The number of nitrogens with zero attached hydrogens (tertiary/aromatic N) is 2. The lowest BCUT2D eigenvalue weighted by Crippen LogP contribution is -2.04. The Balaban J connectivity index is 0.000000230. The molecule has 2 aliphatic rings. The maximum atomic E-state index is 13.5. The predicted octanol–water partition coefficient (Wildman–Crippen LogP) is 6.95. The molecule has 2 N–H and O–H groups in total. The van der Waals surface area contributed by atoms with Crippen LogP contribution in [0, 0.1) is 11.6 Å². The van der Waals surface area contributed by atoms with Crippen molar-refractivity contribution in [3.8, 4) is 11.5 Å². The number of carboxylic acids is 2. The minimum absolute atomic E-state index is 0.0163. The Bertz CT molecular complexity index is 1350. The number of ether oxygens (including phenoxy) is 2. The molecular formula is C32H36F2N2O6. The number of carbonyl (C=O) groups is 2. The van der Waals surface area contributed by atoms with E-state index < -0.39 is 23.6 Å². The minimum atomic E-state index is -1.10. The molecule has 0 amide bonds. The van der Waals surface area contributed by atoms with Crippen molar-refractivity contribution in [3.05, 3.63) is 81.5 Å². The fourth-order valence-corrected chi connectivity index (χ4v) is 4.62. The van der Waals surface area contributed by atoms with Crippen molar-refractivity contribution < 1.29 is 38.1 Å². The third-order valence-electron chi connectivity index (χ3n) is 7.02. The monoisotopic (exact) mass is 582 g/mol. The van der Waals surface area contributed by atoms with E-state index in [9.17, 15) is 18.4 Å². The summed E-state index contributed by atoms with van der Waals surface area (Å²) in [5.74, 6) is -3.32. The van der Waals surface area contributed by atoms with Gasteiger partial charge in [0, 0.05) is 11.4 Å². The van der Waals surface area contributed by atoms with Gasteiger partial charge >= 0.3 is 11.9 Å². The number of aliphatic imine (C=N–C) groups is 2. The van der Waals surface area contributed by atoms with E-state index in [0.717, 1.165) is 62.3 Å². The first-order valence-electron chi connectivity index (χ1n) is 13.7. The van der Waals surface area contributed by atoms with Crippen LogP contribution in [0.2, 0.25) is 0 Å². The lowest BCUT2D eigenvalue weighted by atomic mass is 10.0. The molecule has 0 spiro atoms. The zero-order valence-electron chi connectivity index (χ0n) is 24.3. The molecule has 2 aromatic rings. The van der Waals surface area contributed by atoms with Crippen LogP contribution in [0.3, 0.4) is 0 Å². The first kappa shape index (κ1) is 32.2. The van der Waals surface area contributed by atoms with Gasteiger partial charge in [-0.3, -0.25) is 9.98 Å². The Morgan fingerprint density at radius 3 is 1.40 bits per heavy atom. The molecule has 2 aromatic carbocycles. The molecule has 224 valence electrons. The summed E-state index contributed by atoms with van der Waals surface area (Å²) >= 11 is 0. The number of benzene rings is 2. The highest BCUT2D eigenvalue weighted by Crippen LogP contribution is 2.23. The Hall–Kier alpha value is -4.34. The molecule has 0 aliphatic carbocycles. The second-order valence-electron chi connectivity index (χ2n) is 10.1. The molecule has 0 unspecified atom stereocenters. The first-order valence-corrected chi connectivity index (χ1v) is 13.7. The van der Waals surface area contributed by atoms with E-state index in [4.69, 9.17) is 19.7 Å². The maximum Gasteiger partial charge on any atom is 0.335 e. The fourth-order valence-electron chi connectivity index (χ4n) is 4.62. The summed E-state index contributed by atoms with van der Waals surface area (Å²) in [6.45, 7) is 10.3. The van der Waals surface area contributed by atoms with E-state index in [0.29, 0.717) is 13.2 Å². The van der Waals surface area contributed by atoms with Gasteiger partial charge in [0.1, 0.15) is 0 Å². The summed E-state index contributed by atoms with van der Waals surface area (Å²) in [6.07, 6.45) is 3.13. The normalized spacial score (nSPS) is 14.3. The number of rotatable bonds is 12. The third kappa shape index (κ3) is 8.83. The van der Waals surface area contributed by atoms with Crippen LogP contribution < -0.4 is 9.47 Å². The molecule has 2 heterocycles. The van der Waals surface area contributed by atoms with E-state index in [2.05, 4.69) is 23.8 Å². The quantitative estimate of drug-likeness (QED) is 0.262. The predicted molar refractivity (Wildman–Crippen MR) is 158 cm³/mol. The van der Waals surface area contributed by atoms with Gasteiger partial charge in [-0.25, -0.2) is 18.4 Å². The van der Waals surface area contributed by atoms with Crippen LogP contribution >= 0.6 is 0 Å². The second-order valence-corrected chi connectivity index (χ2v) is 10.1. The van der Waals surface area contributed by atoms with Crippen molar-refractivity contribution in [1.82, 2.24) is 0 Å². The van der Waals surface area contributed by atoms with Gasteiger partial charge in [-0.15, -0.1) is 0 Å². The molecule has 10 heteroatoms. The van der Waals surface area contributed by atoms with Gasteiger partial charge in [-0.2, -0.15) is 0 Å². The summed E-state index contributed by atoms with van der Waals surface area (Å²) < 4.78 is 37.8. The molecule has 0 saturated carbocycles. The van der Waals surface area contributed by atoms with Crippen LogP contribution in [0.4, 0.5) is 8.78 Å². The summed E-state index contributed by atoms with van der Waals surface area (Å²) in [4.78, 5) is 30.4. The SMILES string of the molecule is CC1=NCC(C)=C1CCCOc1cc(C(=O)O)ccc1F.CC1=NCC(C)=C1CCCOc1cc(C(=O)O)ccc1F. The number of carboxylic acid groups (broad SMARTS) is 2. The highest BCUT2D eigenvalue weighted by Gasteiger charge is 2.15. The Kier molecular flexibility index (Phi) is 11.5. The molecular weight excluding hydrogens is 546 g/mol. The van der Waals surface area contributed by atoms with Crippen molar-refractivity contribution in [2.75, 3.05) is 26.3 Å². The highest BCUT2D eigenvalue weighted by atomic mass is 19.1. The number of hydrogen-bond donors (Lipinski definition) is 2. The van der Waals surface area contributed by atoms with Crippen LogP contribution in [0.1, 0.15) is 74.1 Å². The average molecular weight is 583 g/mol. The van der Waals surface area contributed by atoms with Crippen molar-refractivity contribution in [1.29, 1.82) is 0 Å². The van der Waals surface area contributed by atoms with Crippen LogP contribution in [-0.4, -0.2) is 59.9 Å². The van der Waals surface area contributed by atoms with Crippen LogP contribution in [0.5, 0.6) is 11.5 Å². The largest absolute Gasteiger partial charge is 0.490 e. The second kappa shape index (κ2) is 15.0. The number of halogens is 2.